The van der Waals surface area contributed by atoms with Gasteiger partial charge in [-0.1, -0.05) is 25.1 Å². The minimum Gasteiger partial charge on any atom is -0.456 e. The van der Waals surface area contributed by atoms with Crippen LogP contribution < -0.4 is 4.90 Å². The van der Waals surface area contributed by atoms with Crippen LogP contribution in [-0.2, 0) is 0 Å². The second-order valence-electron chi connectivity index (χ2n) is 8.63. The second-order valence-corrected chi connectivity index (χ2v) is 8.63. The van der Waals surface area contributed by atoms with Crippen molar-refractivity contribution in [3.05, 3.63) is 42.0 Å². The van der Waals surface area contributed by atoms with Crippen LogP contribution in [0.2, 0.25) is 0 Å². The van der Waals surface area contributed by atoms with E-state index < -0.39 is 0 Å². The van der Waals surface area contributed by atoms with Crippen LogP contribution in [0.1, 0.15) is 45.1 Å². The first-order valence-corrected chi connectivity index (χ1v) is 9.17. The van der Waals surface area contributed by atoms with Crippen molar-refractivity contribution in [2.75, 3.05) is 11.4 Å². The SMILES string of the molecule is Cc1cc2c(cc1N1CC3(C)CCC1(C)CC3)oc1ccccc12. The highest BCUT2D eigenvalue weighted by molar-refractivity contribution is 6.06. The molecule has 3 fully saturated rings. The summed E-state index contributed by atoms with van der Waals surface area (Å²) in [5.41, 5.74) is 5.53. The van der Waals surface area contributed by atoms with Gasteiger partial charge >= 0.3 is 0 Å². The number of benzene rings is 2. The summed E-state index contributed by atoms with van der Waals surface area (Å²) >= 11 is 0. The molecule has 0 radical (unpaired) electrons. The summed E-state index contributed by atoms with van der Waals surface area (Å²) in [5.74, 6) is 0. The number of nitrogens with zero attached hydrogens (tertiary/aromatic N) is 1. The smallest absolute Gasteiger partial charge is 0.137 e. The third kappa shape index (κ3) is 1.89. The summed E-state index contributed by atoms with van der Waals surface area (Å²) in [6.45, 7) is 8.35. The number of aryl methyl sites for hydroxylation is 1. The van der Waals surface area contributed by atoms with Crippen molar-refractivity contribution in [1.29, 1.82) is 0 Å². The maximum Gasteiger partial charge on any atom is 0.137 e. The standard InChI is InChI=1S/C22H25NO/c1-15-12-17-16-6-4-5-7-19(16)24-20(17)13-18(15)23-14-21(2)8-10-22(23,3)11-9-21/h4-7,12-13H,8-11,14H2,1-3H3. The van der Waals surface area contributed by atoms with Crippen LogP contribution in [0.5, 0.6) is 0 Å². The summed E-state index contributed by atoms with van der Waals surface area (Å²) in [6, 6.07) is 13.0. The number of fused-ring (bicyclic) bond motifs is 6. The fraction of sp³-hybridized carbons (Fsp3) is 0.455. The minimum absolute atomic E-state index is 0.308. The van der Waals surface area contributed by atoms with E-state index in [1.165, 1.54) is 54.3 Å². The predicted octanol–water partition coefficient (Wildman–Crippen LogP) is 6.05. The van der Waals surface area contributed by atoms with E-state index in [0.29, 0.717) is 11.0 Å². The van der Waals surface area contributed by atoms with E-state index in [1.54, 1.807) is 0 Å². The number of para-hydroxylation sites is 1. The van der Waals surface area contributed by atoms with Gasteiger partial charge in [-0.2, -0.15) is 0 Å². The molecule has 0 N–H and O–H groups in total. The van der Waals surface area contributed by atoms with Crippen LogP contribution in [0.25, 0.3) is 21.9 Å². The Morgan fingerprint density at radius 2 is 1.67 bits per heavy atom. The zero-order valence-electron chi connectivity index (χ0n) is 14.9. The van der Waals surface area contributed by atoms with Crippen LogP contribution in [0.3, 0.4) is 0 Å². The van der Waals surface area contributed by atoms with Crippen LogP contribution in [0.4, 0.5) is 5.69 Å². The largest absolute Gasteiger partial charge is 0.456 e. The third-order valence-electron chi connectivity index (χ3n) is 6.71. The summed E-state index contributed by atoms with van der Waals surface area (Å²) in [6.07, 6.45) is 5.35. The molecule has 3 aliphatic rings. The Labute approximate surface area is 143 Å². The molecule has 2 aliphatic heterocycles. The first kappa shape index (κ1) is 14.4. The lowest BCUT2D eigenvalue weighted by Crippen LogP contribution is -2.60. The van der Waals surface area contributed by atoms with Gasteiger partial charge in [0.1, 0.15) is 11.2 Å². The fourth-order valence-electron chi connectivity index (χ4n) is 4.93. The molecule has 0 amide bonds. The van der Waals surface area contributed by atoms with E-state index in [9.17, 15) is 0 Å². The molecule has 124 valence electrons. The van der Waals surface area contributed by atoms with E-state index in [-0.39, 0.29) is 0 Å². The van der Waals surface area contributed by atoms with Gasteiger partial charge in [0.05, 0.1) is 0 Å². The van der Waals surface area contributed by atoms with Crippen molar-refractivity contribution in [3.63, 3.8) is 0 Å². The van der Waals surface area contributed by atoms with Crippen molar-refractivity contribution in [2.24, 2.45) is 5.41 Å². The predicted molar refractivity (Wildman–Crippen MR) is 101 cm³/mol. The molecule has 2 bridgehead atoms. The van der Waals surface area contributed by atoms with Gasteiger partial charge in [0.15, 0.2) is 0 Å². The Balaban J connectivity index is 1.69. The molecule has 24 heavy (non-hydrogen) atoms. The highest BCUT2D eigenvalue weighted by Crippen LogP contribution is 2.52. The average molecular weight is 319 g/mol. The number of anilines is 1. The minimum atomic E-state index is 0.308. The van der Waals surface area contributed by atoms with Crippen molar-refractivity contribution in [2.45, 2.75) is 52.0 Å². The van der Waals surface area contributed by atoms with Gasteiger partial charge in [-0.3, -0.25) is 0 Å². The molecule has 1 aliphatic carbocycles. The van der Waals surface area contributed by atoms with Crippen molar-refractivity contribution in [3.8, 4) is 0 Å². The molecule has 0 spiro atoms. The molecular weight excluding hydrogens is 294 g/mol. The molecule has 2 nitrogen and oxygen atoms in total. The average Bonchev–Trinajstić information content (AvgIpc) is 2.93. The van der Waals surface area contributed by atoms with E-state index in [0.717, 1.165) is 11.2 Å². The number of hydrogen-bond donors (Lipinski definition) is 0. The van der Waals surface area contributed by atoms with Crippen LogP contribution in [-0.4, -0.2) is 12.1 Å². The molecule has 2 heteroatoms. The van der Waals surface area contributed by atoms with Crippen molar-refractivity contribution >= 4 is 27.6 Å². The fourth-order valence-corrected chi connectivity index (χ4v) is 4.93. The number of rotatable bonds is 1. The van der Waals surface area contributed by atoms with Gasteiger partial charge in [-0.05, 0) is 62.6 Å². The lowest BCUT2D eigenvalue weighted by atomic mass is 9.63. The highest BCUT2D eigenvalue weighted by atomic mass is 16.3. The lowest BCUT2D eigenvalue weighted by Gasteiger charge is -2.59. The zero-order chi connectivity index (χ0) is 16.5. The van der Waals surface area contributed by atoms with E-state index >= 15 is 0 Å². The molecular formula is C22H25NO. The summed E-state index contributed by atoms with van der Waals surface area (Å²) in [7, 11) is 0. The third-order valence-corrected chi connectivity index (χ3v) is 6.71. The lowest BCUT2D eigenvalue weighted by molar-refractivity contribution is 0.0928. The molecule has 3 aromatic rings. The number of hydrogen-bond acceptors (Lipinski definition) is 2. The van der Waals surface area contributed by atoms with Crippen molar-refractivity contribution < 1.29 is 4.42 Å². The van der Waals surface area contributed by atoms with Crippen LogP contribution in [0, 0.1) is 12.3 Å². The quantitative estimate of drug-likeness (QED) is 0.542. The van der Waals surface area contributed by atoms with Gasteiger partial charge in [0.2, 0.25) is 0 Å². The Bertz CT molecular complexity index is 943. The molecule has 2 aromatic carbocycles. The highest BCUT2D eigenvalue weighted by Gasteiger charge is 2.48. The maximum atomic E-state index is 6.15. The van der Waals surface area contributed by atoms with E-state index in [1.807, 2.05) is 6.07 Å². The first-order valence-electron chi connectivity index (χ1n) is 9.17. The van der Waals surface area contributed by atoms with Crippen LogP contribution >= 0.6 is 0 Å². The molecule has 0 atom stereocenters. The van der Waals surface area contributed by atoms with Crippen LogP contribution in [0.15, 0.2) is 40.8 Å². The number of piperidine rings is 2. The summed E-state index contributed by atoms with van der Waals surface area (Å²) in [5, 5.41) is 2.46. The van der Waals surface area contributed by atoms with Gasteiger partial charge in [0.25, 0.3) is 0 Å². The Morgan fingerprint density at radius 3 is 2.46 bits per heavy atom. The first-order chi connectivity index (χ1) is 11.5. The topological polar surface area (TPSA) is 16.4 Å². The van der Waals surface area contributed by atoms with Gasteiger partial charge in [0, 0.05) is 34.6 Å². The zero-order valence-corrected chi connectivity index (χ0v) is 14.9. The normalized spacial score (nSPS) is 29.7. The molecule has 6 rings (SSSR count). The van der Waals surface area contributed by atoms with Crippen molar-refractivity contribution in [1.82, 2.24) is 0 Å². The molecule has 1 aromatic heterocycles. The summed E-state index contributed by atoms with van der Waals surface area (Å²) in [4.78, 5) is 2.68. The Hall–Kier alpha value is -1.96. The molecule has 0 unspecified atom stereocenters. The van der Waals surface area contributed by atoms with E-state index in [4.69, 9.17) is 4.42 Å². The monoisotopic (exact) mass is 319 g/mol. The van der Waals surface area contributed by atoms with E-state index in [2.05, 4.69) is 56.0 Å². The summed E-state index contributed by atoms with van der Waals surface area (Å²) < 4.78 is 6.15. The maximum absolute atomic E-state index is 6.15. The van der Waals surface area contributed by atoms with Gasteiger partial charge in [-0.25, -0.2) is 0 Å². The van der Waals surface area contributed by atoms with Gasteiger partial charge in [-0.15, -0.1) is 0 Å². The van der Waals surface area contributed by atoms with Gasteiger partial charge < -0.3 is 9.32 Å². The number of furan rings is 1. The Morgan fingerprint density at radius 1 is 0.917 bits per heavy atom. The Kier molecular flexibility index (Phi) is 2.73. The molecule has 3 heterocycles. The molecule has 1 saturated carbocycles. The second kappa shape index (κ2) is 4.56. The molecule has 2 saturated heterocycles.